The molecule has 2 rings (SSSR count). The highest BCUT2D eigenvalue weighted by Gasteiger charge is 2.27. The Bertz CT molecular complexity index is 407. The first-order valence-electron chi connectivity index (χ1n) is 5.01. The van der Waals surface area contributed by atoms with Crippen molar-refractivity contribution < 1.29 is 8.78 Å². The lowest BCUT2D eigenvalue weighted by atomic mass is 9.83. The van der Waals surface area contributed by atoms with Gasteiger partial charge in [-0.25, -0.2) is 13.6 Å². The molecular formula is C12H11F2N. The Morgan fingerprint density at radius 3 is 2.87 bits per heavy atom. The number of benzene rings is 1. The first-order valence-corrected chi connectivity index (χ1v) is 5.01. The normalized spacial score (nSPS) is 19.7. The summed E-state index contributed by atoms with van der Waals surface area (Å²) in [5.74, 6) is -0.671. The summed E-state index contributed by atoms with van der Waals surface area (Å²) in [6.45, 7) is 6.87. The minimum atomic E-state index is -2.31. The molecule has 78 valence electrons. The fraction of sp³-hybridized carbons (Fsp3) is 0.417. The zero-order valence-electron chi connectivity index (χ0n) is 8.21. The molecule has 0 spiro atoms. The van der Waals surface area contributed by atoms with Gasteiger partial charge in [-0.3, -0.25) is 0 Å². The van der Waals surface area contributed by atoms with Crippen LogP contribution in [0.25, 0.3) is 4.85 Å². The van der Waals surface area contributed by atoms with Crippen LogP contribution < -0.4 is 0 Å². The average Bonchev–Trinajstić information content (AvgIpc) is 2.27. The molecule has 0 aromatic heterocycles. The summed E-state index contributed by atoms with van der Waals surface area (Å²) in [6.07, 6.45) is -0.104. The first-order chi connectivity index (χ1) is 7.22. The zero-order chi connectivity index (χ0) is 10.8. The number of hydrogen-bond donors (Lipinski definition) is 0. The molecule has 0 saturated carbocycles. The molecule has 1 unspecified atom stereocenters. The molecule has 1 atom stereocenters. The summed E-state index contributed by atoms with van der Waals surface area (Å²) < 4.78 is 25.5. The van der Waals surface area contributed by atoms with Gasteiger partial charge in [-0.15, -0.1) is 0 Å². The molecule has 0 fully saturated rings. The number of aryl methyl sites for hydroxylation is 1. The van der Waals surface area contributed by atoms with Gasteiger partial charge in [-0.2, -0.15) is 0 Å². The van der Waals surface area contributed by atoms with Crippen molar-refractivity contribution in [3.05, 3.63) is 40.7 Å². The number of halogens is 2. The predicted molar refractivity (Wildman–Crippen MR) is 54.4 cm³/mol. The van der Waals surface area contributed by atoms with Crippen LogP contribution in [-0.2, 0) is 6.42 Å². The van der Waals surface area contributed by atoms with Gasteiger partial charge >= 0.3 is 0 Å². The van der Waals surface area contributed by atoms with E-state index >= 15 is 0 Å². The molecule has 0 bridgehead atoms. The largest absolute Gasteiger partial charge is 0.245 e. The summed E-state index contributed by atoms with van der Waals surface area (Å²) in [5.41, 5.74) is 2.13. The van der Waals surface area contributed by atoms with Gasteiger partial charge in [-0.1, -0.05) is 18.2 Å². The van der Waals surface area contributed by atoms with Crippen LogP contribution in [-0.4, -0.2) is 6.43 Å². The highest BCUT2D eigenvalue weighted by molar-refractivity contribution is 5.51. The average molecular weight is 207 g/mol. The molecule has 0 radical (unpaired) electrons. The lowest BCUT2D eigenvalue weighted by molar-refractivity contribution is 0.106. The van der Waals surface area contributed by atoms with Crippen molar-refractivity contribution >= 4 is 5.69 Å². The second-order valence-corrected chi connectivity index (χ2v) is 3.83. The van der Waals surface area contributed by atoms with Gasteiger partial charge < -0.3 is 0 Å². The van der Waals surface area contributed by atoms with Crippen molar-refractivity contribution in [2.24, 2.45) is 0 Å². The van der Waals surface area contributed by atoms with Crippen molar-refractivity contribution in [3.8, 4) is 0 Å². The predicted octanol–water partition coefficient (Wildman–Crippen LogP) is 3.92. The van der Waals surface area contributed by atoms with E-state index in [4.69, 9.17) is 6.57 Å². The third-order valence-electron chi connectivity index (χ3n) is 2.92. The second kappa shape index (κ2) is 3.98. The van der Waals surface area contributed by atoms with Crippen molar-refractivity contribution in [1.29, 1.82) is 0 Å². The minimum absolute atomic E-state index is 0.460. The summed E-state index contributed by atoms with van der Waals surface area (Å²) in [6, 6.07) is 5.15. The van der Waals surface area contributed by atoms with Crippen LogP contribution in [0.15, 0.2) is 18.2 Å². The number of fused-ring (bicyclic) bond motifs is 1. The maximum Gasteiger partial charge on any atom is 0.245 e. The van der Waals surface area contributed by atoms with E-state index in [0.29, 0.717) is 17.7 Å². The molecule has 1 aromatic carbocycles. The Morgan fingerprint density at radius 2 is 2.20 bits per heavy atom. The van der Waals surface area contributed by atoms with Crippen LogP contribution in [0, 0.1) is 6.57 Å². The van der Waals surface area contributed by atoms with E-state index in [1.165, 1.54) is 0 Å². The van der Waals surface area contributed by atoms with Crippen LogP contribution in [0.5, 0.6) is 0 Å². The first kappa shape index (κ1) is 10.1. The van der Waals surface area contributed by atoms with Crippen LogP contribution in [0.2, 0.25) is 0 Å². The van der Waals surface area contributed by atoms with Crippen molar-refractivity contribution in [2.45, 2.75) is 31.6 Å². The molecule has 0 heterocycles. The highest BCUT2D eigenvalue weighted by atomic mass is 19.3. The maximum atomic E-state index is 12.8. The molecular weight excluding hydrogens is 196 g/mol. The Kier molecular flexibility index (Phi) is 2.68. The molecule has 3 heteroatoms. The number of nitrogens with zero attached hydrogens (tertiary/aromatic N) is 1. The van der Waals surface area contributed by atoms with Crippen LogP contribution in [0.3, 0.4) is 0 Å². The Labute approximate surface area is 87.5 Å². The van der Waals surface area contributed by atoms with Gasteiger partial charge in [-0.05, 0) is 30.4 Å². The molecule has 1 nitrogen and oxygen atoms in total. The molecule has 0 N–H and O–H groups in total. The van der Waals surface area contributed by atoms with Crippen LogP contribution in [0.1, 0.15) is 29.9 Å². The minimum Gasteiger partial charge on any atom is -0.238 e. The second-order valence-electron chi connectivity index (χ2n) is 3.83. The van der Waals surface area contributed by atoms with Crippen molar-refractivity contribution in [1.82, 2.24) is 0 Å². The quantitative estimate of drug-likeness (QED) is 0.615. The number of alkyl halides is 2. The van der Waals surface area contributed by atoms with E-state index in [-0.39, 0.29) is 0 Å². The lowest BCUT2D eigenvalue weighted by Crippen LogP contribution is -2.16. The van der Waals surface area contributed by atoms with Gasteiger partial charge in [0.05, 0.1) is 6.57 Å². The van der Waals surface area contributed by atoms with Gasteiger partial charge in [0, 0.05) is 5.92 Å². The Balaban J connectivity index is 2.45. The molecule has 0 saturated heterocycles. The van der Waals surface area contributed by atoms with Gasteiger partial charge in [0.25, 0.3) is 0 Å². The van der Waals surface area contributed by atoms with Crippen molar-refractivity contribution in [3.63, 3.8) is 0 Å². The fourth-order valence-electron chi connectivity index (χ4n) is 2.15. The van der Waals surface area contributed by atoms with Gasteiger partial charge in [0.1, 0.15) is 0 Å². The van der Waals surface area contributed by atoms with E-state index < -0.39 is 12.3 Å². The highest BCUT2D eigenvalue weighted by Crippen LogP contribution is 2.37. The SMILES string of the molecule is [C-]#[N+]c1ccc2c(c1)C(C(F)F)CCC2. The number of rotatable bonds is 1. The monoisotopic (exact) mass is 207 g/mol. The maximum absolute atomic E-state index is 12.8. The lowest BCUT2D eigenvalue weighted by Gasteiger charge is -2.25. The number of hydrogen-bond acceptors (Lipinski definition) is 0. The summed E-state index contributed by atoms with van der Waals surface area (Å²) in [5, 5.41) is 0. The van der Waals surface area contributed by atoms with Gasteiger partial charge in [0.2, 0.25) is 6.43 Å². The molecule has 15 heavy (non-hydrogen) atoms. The molecule has 0 aliphatic heterocycles. The molecule has 0 amide bonds. The third kappa shape index (κ3) is 1.85. The molecule has 1 aliphatic carbocycles. The Hall–Kier alpha value is -1.43. The van der Waals surface area contributed by atoms with E-state index in [2.05, 4.69) is 4.85 Å². The topological polar surface area (TPSA) is 4.36 Å². The molecule has 1 aromatic rings. The molecule has 1 aliphatic rings. The third-order valence-corrected chi connectivity index (χ3v) is 2.92. The van der Waals surface area contributed by atoms with E-state index in [9.17, 15) is 8.78 Å². The van der Waals surface area contributed by atoms with Crippen LogP contribution >= 0.6 is 0 Å². The fourth-order valence-corrected chi connectivity index (χ4v) is 2.15. The summed E-state index contributed by atoms with van der Waals surface area (Å²) >= 11 is 0. The van der Waals surface area contributed by atoms with E-state index in [1.807, 2.05) is 6.07 Å². The smallest absolute Gasteiger partial charge is 0.238 e. The summed E-state index contributed by atoms with van der Waals surface area (Å²) in [7, 11) is 0. The van der Waals surface area contributed by atoms with Crippen LogP contribution in [0.4, 0.5) is 14.5 Å². The Morgan fingerprint density at radius 1 is 1.40 bits per heavy atom. The zero-order valence-corrected chi connectivity index (χ0v) is 8.21. The van der Waals surface area contributed by atoms with E-state index in [0.717, 1.165) is 18.4 Å². The summed E-state index contributed by atoms with van der Waals surface area (Å²) in [4.78, 5) is 3.28. The standard InChI is InChI=1S/C12H11F2N/c1-15-9-6-5-8-3-2-4-10(12(13)14)11(8)7-9/h5-7,10,12H,2-4H2. The van der Waals surface area contributed by atoms with E-state index in [1.54, 1.807) is 12.1 Å². The van der Waals surface area contributed by atoms with Gasteiger partial charge in [0.15, 0.2) is 5.69 Å². The van der Waals surface area contributed by atoms with Crippen molar-refractivity contribution in [2.75, 3.05) is 0 Å².